The minimum atomic E-state index is -0.0348. The standard InChI is InChI=1S/C19H24N2OS2/c1-19(2)13-21(10-9-17(19)20)18(22)15-7-3-4-8-16(15)24-12-14-6-5-11-23-14/h3-8,11,17H,9-10,12-13,20H2,1-2H3. The van der Waals surface area contributed by atoms with Gasteiger partial charge in [-0.15, -0.1) is 23.1 Å². The fraction of sp³-hybridized carbons (Fsp3) is 0.421. The van der Waals surface area contributed by atoms with Crippen molar-refractivity contribution in [2.45, 2.75) is 37.0 Å². The van der Waals surface area contributed by atoms with Gasteiger partial charge in [-0.2, -0.15) is 0 Å². The first kappa shape index (κ1) is 17.5. The van der Waals surface area contributed by atoms with E-state index in [1.807, 2.05) is 29.2 Å². The molecule has 2 aromatic rings. The van der Waals surface area contributed by atoms with Crippen LogP contribution in [0.4, 0.5) is 0 Å². The lowest BCUT2D eigenvalue weighted by atomic mass is 9.79. The number of piperidine rings is 1. The van der Waals surface area contributed by atoms with E-state index in [4.69, 9.17) is 5.73 Å². The molecule has 1 fully saturated rings. The molecular weight excluding hydrogens is 336 g/mol. The van der Waals surface area contributed by atoms with Crippen molar-refractivity contribution < 1.29 is 4.79 Å². The average molecular weight is 361 g/mol. The molecule has 0 radical (unpaired) electrons. The van der Waals surface area contributed by atoms with Crippen LogP contribution in [0, 0.1) is 5.41 Å². The number of nitrogens with two attached hydrogens (primary N) is 1. The highest BCUT2D eigenvalue weighted by Gasteiger charge is 2.35. The van der Waals surface area contributed by atoms with Crippen molar-refractivity contribution in [2.75, 3.05) is 13.1 Å². The van der Waals surface area contributed by atoms with Crippen LogP contribution in [0.15, 0.2) is 46.7 Å². The summed E-state index contributed by atoms with van der Waals surface area (Å²) in [4.78, 5) is 17.4. The second-order valence-corrected chi connectivity index (χ2v) is 9.02. The molecule has 1 amide bonds. The topological polar surface area (TPSA) is 46.3 Å². The summed E-state index contributed by atoms with van der Waals surface area (Å²) in [6.45, 7) is 5.76. The van der Waals surface area contributed by atoms with Gasteiger partial charge in [-0.1, -0.05) is 32.0 Å². The second kappa shape index (κ2) is 7.30. The Balaban J connectivity index is 1.75. The van der Waals surface area contributed by atoms with Crippen molar-refractivity contribution in [3.63, 3.8) is 0 Å². The summed E-state index contributed by atoms with van der Waals surface area (Å²) in [5.74, 6) is 1.03. The molecule has 5 heteroatoms. The van der Waals surface area contributed by atoms with E-state index in [9.17, 15) is 4.79 Å². The molecule has 1 aliphatic heterocycles. The third-order valence-corrected chi connectivity index (χ3v) is 6.85. The fourth-order valence-electron chi connectivity index (χ4n) is 3.03. The van der Waals surface area contributed by atoms with Crippen LogP contribution in [-0.4, -0.2) is 29.9 Å². The van der Waals surface area contributed by atoms with Crippen molar-refractivity contribution in [1.29, 1.82) is 0 Å². The van der Waals surface area contributed by atoms with E-state index in [1.54, 1.807) is 23.1 Å². The second-order valence-electron chi connectivity index (χ2n) is 6.97. The van der Waals surface area contributed by atoms with Gasteiger partial charge in [0.15, 0.2) is 0 Å². The number of nitrogens with zero attached hydrogens (tertiary/aromatic N) is 1. The molecule has 1 aromatic heterocycles. The smallest absolute Gasteiger partial charge is 0.255 e. The number of hydrogen-bond donors (Lipinski definition) is 1. The first-order valence-electron chi connectivity index (χ1n) is 8.26. The summed E-state index contributed by atoms with van der Waals surface area (Å²) in [5, 5.41) is 2.09. The van der Waals surface area contributed by atoms with E-state index >= 15 is 0 Å². The zero-order valence-electron chi connectivity index (χ0n) is 14.2. The third kappa shape index (κ3) is 3.85. The van der Waals surface area contributed by atoms with Gasteiger partial charge in [0.1, 0.15) is 0 Å². The van der Waals surface area contributed by atoms with E-state index in [-0.39, 0.29) is 17.4 Å². The molecule has 1 aromatic carbocycles. The molecule has 128 valence electrons. The van der Waals surface area contributed by atoms with Gasteiger partial charge in [0, 0.05) is 34.7 Å². The van der Waals surface area contributed by atoms with Gasteiger partial charge in [-0.05, 0) is 35.4 Å². The molecule has 1 atom stereocenters. The molecular formula is C19H24N2OS2. The highest BCUT2D eigenvalue weighted by Crippen LogP contribution is 2.32. The van der Waals surface area contributed by atoms with Crippen LogP contribution in [-0.2, 0) is 5.75 Å². The van der Waals surface area contributed by atoms with Gasteiger partial charge < -0.3 is 10.6 Å². The van der Waals surface area contributed by atoms with Gasteiger partial charge in [0.25, 0.3) is 5.91 Å². The number of thioether (sulfide) groups is 1. The zero-order valence-corrected chi connectivity index (χ0v) is 15.8. The van der Waals surface area contributed by atoms with Gasteiger partial charge in [0.2, 0.25) is 0 Å². The molecule has 1 unspecified atom stereocenters. The van der Waals surface area contributed by atoms with Crippen LogP contribution in [0.2, 0.25) is 0 Å². The number of carbonyl (C=O) groups is 1. The monoisotopic (exact) mass is 360 g/mol. The number of carbonyl (C=O) groups excluding carboxylic acids is 1. The van der Waals surface area contributed by atoms with Gasteiger partial charge in [0.05, 0.1) is 5.56 Å². The van der Waals surface area contributed by atoms with Crippen LogP contribution in [0.1, 0.15) is 35.5 Å². The zero-order chi connectivity index (χ0) is 17.2. The SMILES string of the molecule is CC1(C)CN(C(=O)c2ccccc2SCc2cccs2)CCC1N. The lowest BCUT2D eigenvalue weighted by Gasteiger charge is -2.42. The number of rotatable bonds is 4. The first-order chi connectivity index (χ1) is 11.5. The quantitative estimate of drug-likeness (QED) is 0.830. The van der Waals surface area contributed by atoms with Crippen LogP contribution in [0.25, 0.3) is 0 Å². The Morgan fingerprint density at radius 2 is 2.12 bits per heavy atom. The van der Waals surface area contributed by atoms with Crippen molar-refractivity contribution in [2.24, 2.45) is 11.1 Å². The van der Waals surface area contributed by atoms with E-state index in [0.717, 1.165) is 35.7 Å². The highest BCUT2D eigenvalue weighted by atomic mass is 32.2. The predicted octanol–water partition coefficient (Wildman–Crippen LogP) is 4.24. The van der Waals surface area contributed by atoms with Crippen molar-refractivity contribution in [1.82, 2.24) is 4.90 Å². The summed E-state index contributed by atoms with van der Waals surface area (Å²) in [5.41, 5.74) is 6.98. The van der Waals surface area contributed by atoms with Gasteiger partial charge >= 0.3 is 0 Å². The maximum absolute atomic E-state index is 13.1. The Hall–Kier alpha value is -1.30. The van der Waals surface area contributed by atoms with Crippen LogP contribution in [0.3, 0.4) is 0 Å². The van der Waals surface area contributed by atoms with Crippen molar-refractivity contribution in [3.05, 3.63) is 52.2 Å². The Morgan fingerprint density at radius 1 is 1.33 bits per heavy atom. The molecule has 0 aliphatic carbocycles. The minimum absolute atomic E-state index is 0.0348. The summed E-state index contributed by atoms with van der Waals surface area (Å²) in [6, 6.07) is 12.3. The number of amides is 1. The number of benzene rings is 1. The summed E-state index contributed by atoms with van der Waals surface area (Å²) in [6.07, 6.45) is 0.864. The minimum Gasteiger partial charge on any atom is -0.338 e. The molecule has 2 N–H and O–H groups in total. The molecule has 24 heavy (non-hydrogen) atoms. The summed E-state index contributed by atoms with van der Waals surface area (Å²) >= 11 is 3.49. The average Bonchev–Trinajstić information content (AvgIpc) is 3.08. The van der Waals surface area contributed by atoms with E-state index in [2.05, 4.69) is 31.4 Å². The number of hydrogen-bond acceptors (Lipinski definition) is 4. The number of likely N-dealkylation sites (tertiary alicyclic amines) is 1. The molecule has 1 saturated heterocycles. The molecule has 3 nitrogen and oxygen atoms in total. The molecule has 3 rings (SSSR count). The van der Waals surface area contributed by atoms with Crippen LogP contribution < -0.4 is 5.73 Å². The Labute approximate surface area is 152 Å². The maximum Gasteiger partial charge on any atom is 0.255 e. The largest absolute Gasteiger partial charge is 0.338 e. The lowest BCUT2D eigenvalue weighted by Crippen LogP contribution is -2.54. The molecule has 2 heterocycles. The summed E-state index contributed by atoms with van der Waals surface area (Å²) < 4.78 is 0. The molecule has 0 saturated carbocycles. The molecule has 1 aliphatic rings. The Kier molecular flexibility index (Phi) is 5.33. The van der Waals surface area contributed by atoms with Crippen LogP contribution in [0.5, 0.6) is 0 Å². The van der Waals surface area contributed by atoms with Crippen molar-refractivity contribution in [3.8, 4) is 0 Å². The van der Waals surface area contributed by atoms with E-state index in [0.29, 0.717) is 0 Å². The number of thiophene rings is 1. The van der Waals surface area contributed by atoms with Crippen LogP contribution >= 0.6 is 23.1 Å². The Morgan fingerprint density at radius 3 is 2.83 bits per heavy atom. The first-order valence-corrected chi connectivity index (χ1v) is 10.1. The van der Waals surface area contributed by atoms with Gasteiger partial charge in [-0.25, -0.2) is 0 Å². The fourth-order valence-corrected chi connectivity index (χ4v) is 4.85. The van der Waals surface area contributed by atoms with E-state index < -0.39 is 0 Å². The highest BCUT2D eigenvalue weighted by molar-refractivity contribution is 7.98. The third-order valence-electron chi connectivity index (χ3n) is 4.67. The predicted molar refractivity (Wildman–Crippen MR) is 103 cm³/mol. The van der Waals surface area contributed by atoms with Gasteiger partial charge in [-0.3, -0.25) is 4.79 Å². The van der Waals surface area contributed by atoms with E-state index in [1.165, 1.54) is 4.88 Å². The van der Waals surface area contributed by atoms with Crippen molar-refractivity contribution >= 4 is 29.0 Å². The maximum atomic E-state index is 13.1. The summed E-state index contributed by atoms with van der Waals surface area (Å²) in [7, 11) is 0. The molecule has 0 bridgehead atoms. The lowest BCUT2D eigenvalue weighted by molar-refractivity contribution is 0.0529. The normalized spacial score (nSPS) is 20.1. The molecule has 0 spiro atoms. The Bertz CT molecular complexity index is 697.